The molecule has 0 aliphatic carbocycles. The van der Waals surface area contributed by atoms with Gasteiger partial charge >= 0.3 is 18.1 Å². The maximum absolute atomic E-state index is 10.6. The molecule has 5 nitrogen and oxygen atoms in total. The van der Waals surface area contributed by atoms with Crippen molar-refractivity contribution in [2.45, 2.75) is 25.4 Å². The Labute approximate surface area is 95.8 Å². The van der Waals surface area contributed by atoms with Crippen molar-refractivity contribution >= 4 is 11.9 Å². The first kappa shape index (κ1) is 15.7. The van der Waals surface area contributed by atoms with E-state index in [1.54, 1.807) is 0 Å². The number of halogens is 3. The highest BCUT2D eigenvalue weighted by Crippen LogP contribution is 2.13. The van der Waals surface area contributed by atoms with E-state index in [-0.39, 0.29) is 6.54 Å². The van der Waals surface area contributed by atoms with Crippen LogP contribution < -0.4 is 0 Å². The van der Waals surface area contributed by atoms with Crippen LogP contribution in [0.3, 0.4) is 0 Å². The molecule has 1 rings (SSSR count). The zero-order valence-corrected chi connectivity index (χ0v) is 9.03. The van der Waals surface area contributed by atoms with Crippen molar-refractivity contribution in [1.29, 1.82) is 0 Å². The summed E-state index contributed by atoms with van der Waals surface area (Å²) in [6.07, 6.45) is -1.50. The average molecular weight is 257 g/mol. The van der Waals surface area contributed by atoms with Gasteiger partial charge in [-0.25, -0.2) is 4.79 Å². The van der Waals surface area contributed by atoms with E-state index in [0.29, 0.717) is 0 Å². The first-order valence-corrected chi connectivity index (χ1v) is 4.97. The molecule has 0 atom stereocenters. The second-order valence-electron chi connectivity index (χ2n) is 3.53. The molecular formula is C9H14F3NO4. The Bertz CT molecular complexity index is 261. The van der Waals surface area contributed by atoms with Gasteiger partial charge in [-0.15, -0.1) is 0 Å². The summed E-state index contributed by atoms with van der Waals surface area (Å²) in [5, 5.41) is 15.5. The van der Waals surface area contributed by atoms with Gasteiger partial charge in [-0.2, -0.15) is 13.2 Å². The summed E-state index contributed by atoms with van der Waals surface area (Å²) in [6.45, 7) is 2.15. The highest BCUT2D eigenvalue weighted by molar-refractivity contribution is 5.73. The van der Waals surface area contributed by atoms with Crippen molar-refractivity contribution in [2.24, 2.45) is 0 Å². The number of carboxylic acids is 2. The maximum atomic E-state index is 10.6. The van der Waals surface area contributed by atoms with Crippen molar-refractivity contribution in [1.82, 2.24) is 4.90 Å². The van der Waals surface area contributed by atoms with Crippen LogP contribution >= 0.6 is 0 Å². The number of nitrogens with zero attached hydrogens (tertiary/aromatic N) is 1. The number of hydrogen-bond acceptors (Lipinski definition) is 3. The quantitative estimate of drug-likeness (QED) is 0.777. The summed E-state index contributed by atoms with van der Waals surface area (Å²) in [4.78, 5) is 21.1. The lowest BCUT2D eigenvalue weighted by Crippen LogP contribution is -2.34. The van der Waals surface area contributed by atoms with Crippen molar-refractivity contribution < 1.29 is 33.0 Å². The Morgan fingerprint density at radius 2 is 1.47 bits per heavy atom. The van der Waals surface area contributed by atoms with Crippen LogP contribution in [0.5, 0.6) is 0 Å². The van der Waals surface area contributed by atoms with Crippen LogP contribution in [0.4, 0.5) is 13.2 Å². The Balaban J connectivity index is 0.000000325. The van der Waals surface area contributed by atoms with Crippen LogP contribution in [0, 0.1) is 0 Å². The normalized spacial score (nSPS) is 16.9. The molecule has 1 saturated heterocycles. The number of carboxylic acid groups (broad SMARTS) is 2. The van der Waals surface area contributed by atoms with E-state index in [0.717, 1.165) is 25.9 Å². The Hall–Kier alpha value is -1.31. The molecule has 0 bridgehead atoms. The van der Waals surface area contributed by atoms with E-state index in [4.69, 9.17) is 15.0 Å². The third-order valence-electron chi connectivity index (χ3n) is 2.05. The molecule has 0 aromatic heterocycles. The third-order valence-corrected chi connectivity index (χ3v) is 2.05. The number of piperidine rings is 1. The summed E-state index contributed by atoms with van der Waals surface area (Å²) >= 11 is 0. The number of carbonyl (C=O) groups is 2. The van der Waals surface area contributed by atoms with Crippen LogP contribution in [0.25, 0.3) is 0 Å². The van der Waals surface area contributed by atoms with Gasteiger partial charge in [0.2, 0.25) is 0 Å². The standard InChI is InChI=1S/C7H13NO2.C2HF3O2/c9-7(10)6-8-4-2-1-3-5-8;3-2(4,5)1(6)7/h1-6H2,(H,9,10);(H,6,7). The van der Waals surface area contributed by atoms with E-state index in [2.05, 4.69) is 0 Å². The SMILES string of the molecule is O=C(O)C(F)(F)F.O=C(O)CN1CCCCC1. The van der Waals surface area contributed by atoms with Crippen LogP contribution in [0.15, 0.2) is 0 Å². The zero-order chi connectivity index (χ0) is 13.5. The van der Waals surface area contributed by atoms with Crippen molar-refractivity contribution in [3.05, 3.63) is 0 Å². The summed E-state index contributed by atoms with van der Waals surface area (Å²) in [6, 6.07) is 0. The molecule has 0 amide bonds. The van der Waals surface area contributed by atoms with Crippen LogP contribution in [0.1, 0.15) is 19.3 Å². The number of alkyl halides is 3. The van der Waals surface area contributed by atoms with Gasteiger partial charge in [0.15, 0.2) is 0 Å². The van der Waals surface area contributed by atoms with Crippen molar-refractivity contribution in [3.63, 3.8) is 0 Å². The molecule has 100 valence electrons. The molecule has 0 saturated carbocycles. The minimum absolute atomic E-state index is 0.222. The Morgan fingerprint density at radius 1 is 1.06 bits per heavy atom. The third kappa shape index (κ3) is 8.49. The predicted octanol–water partition coefficient (Wildman–Crippen LogP) is 1.19. The molecular weight excluding hydrogens is 243 g/mol. The number of rotatable bonds is 2. The van der Waals surface area contributed by atoms with Gasteiger partial charge in [0.05, 0.1) is 6.54 Å². The van der Waals surface area contributed by atoms with Gasteiger partial charge in [0.1, 0.15) is 0 Å². The first-order chi connectivity index (χ1) is 7.73. The molecule has 0 radical (unpaired) electrons. The van der Waals surface area contributed by atoms with Gasteiger partial charge < -0.3 is 10.2 Å². The van der Waals surface area contributed by atoms with Crippen molar-refractivity contribution in [2.75, 3.05) is 19.6 Å². The van der Waals surface area contributed by atoms with Crippen molar-refractivity contribution in [3.8, 4) is 0 Å². The Morgan fingerprint density at radius 3 is 1.76 bits per heavy atom. The summed E-state index contributed by atoms with van der Waals surface area (Å²) in [7, 11) is 0. The fourth-order valence-corrected chi connectivity index (χ4v) is 1.31. The van der Waals surface area contributed by atoms with E-state index < -0.39 is 18.1 Å². The van der Waals surface area contributed by atoms with Gasteiger partial charge in [-0.05, 0) is 25.9 Å². The predicted molar refractivity (Wildman–Crippen MR) is 51.6 cm³/mol. The van der Waals surface area contributed by atoms with Crippen LogP contribution in [0.2, 0.25) is 0 Å². The molecule has 1 fully saturated rings. The lowest BCUT2D eigenvalue weighted by atomic mass is 10.1. The fourth-order valence-electron chi connectivity index (χ4n) is 1.31. The second kappa shape index (κ2) is 7.10. The molecule has 0 aromatic carbocycles. The highest BCUT2D eigenvalue weighted by atomic mass is 19.4. The molecule has 0 unspecified atom stereocenters. The zero-order valence-electron chi connectivity index (χ0n) is 9.03. The molecule has 2 N–H and O–H groups in total. The van der Waals surface area contributed by atoms with Gasteiger partial charge in [0.25, 0.3) is 0 Å². The van der Waals surface area contributed by atoms with Gasteiger partial charge in [-0.3, -0.25) is 9.69 Å². The van der Waals surface area contributed by atoms with Crippen LogP contribution in [-0.2, 0) is 9.59 Å². The molecule has 1 aliphatic rings. The van der Waals surface area contributed by atoms with E-state index in [9.17, 15) is 18.0 Å². The topological polar surface area (TPSA) is 77.8 Å². The largest absolute Gasteiger partial charge is 0.490 e. The molecule has 0 spiro atoms. The van der Waals surface area contributed by atoms with Crippen LogP contribution in [-0.4, -0.2) is 52.9 Å². The minimum atomic E-state index is -5.08. The summed E-state index contributed by atoms with van der Waals surface area (Å²) in [5.74, 6) is -3.46. The lowest BCUT2D eigenvalue weighted by Gasteiger charge is -2.24. The summed E-state index contributed by atoms with van der Waals surface area (Å²) in [5.41, 5.74) is 0. The van der Waals surface area contributed by atoms with Gasteiger partial charge in [0, 0.05) is 0 Å². The monoisotopic (exact) mass is 257 g/mol. The first-order valence-electron chi connectivity index (χ1n) is 4.97. The number of aliphatic carboxylic acids is 2. The number of likely N-dealkylation sites (tertiary alicyclic amines) is 1. The molecule has 8 heteroatoms. The molecule has 0 aromatic rings. The van der Waals surface area contributed by atoms with E-state index in [1.165, 1.54) is 6.42 Å². The number of hydrogen-bond donors (Lipinski definition) is 2. The maximum Gasteiger partial charge on any atom is 0.490 e. The molecule has 17 heavy (non-hydrogen) atoms. The van der Waals surface area contributed by atoms with E-state index in [1.807, 2.05) is 4.90 Å². The fraction of sp³-hybridized carbons (Fsp3) is 0.778. The average Bonchev–Trinajstić information content (AvgIpc) is 2.17. The molecule has 1 aliphatic heterocycles. The highest BCUT2D eigenvalue weighted by Gasteiger charge is 2.38. The molecule has 1 heterocycles. The minimum Gasteiger partial charge on any atom is -0.480 e. The Kier molecular flexibility index (Phi) is 6.55. The summed E-state index contributed by atoms with van der Waals surface area (Å²) < 4.78 is 31.7. The second-order valence-corrected chi connectivity index (χ2v) is 3.53. The van der Waals surface area contributed by atoms with Gasteiger partial charge in [-0.1, -0.05) is 6.42 Å². The lowest BCUT2D eigenvalue weighted by molar-refractivity contribution is -0.192. The van der Waals surface area contributed by atoms with E-state index >= 15 is 0 Å². The smallest absolute Gasteiger partial charge is 0.480 e.